The summed E-state index contributed by atoms with van der Waals surface area (Å²) < 4.78 is 2.38. The van der Waals surface area contributed by atoms with Gasteiger partial charge in [0.05, 0.1) is 0 Å². The van der Waals surface area contributed by atoms with E-state index in [1.54, 1.807) is 6.33 Å². The minimum Gasteiger partial charge on any atom is -0.340 e. The molecule has 5 heteroatoms. The minimum absolute atomic E-state index is 0.741. The Balaban J connectivity index is 1.82. The first-order valence-corrected chi connectivity index (χ1v) is 8.42. The summed E-state index contributed by atoms with van der Waals surface area (Å²) in [5.41, 5.74) is 6.00. The Labute approximate surface area is 146 Å². The van der Waals surface area contributed by atoms with Crippen molar-refractivity contribution in [3.63, 3.8) is 0 Å². The zero-order chi connectivity index (χ0) is 16.7. The van der Waals surface area contributed by atoms with Crippen LogP contribution in [0.25, 0.3) is 16.5 Å². The lowest BCUT2D eigenvalue weighted by molar-refractivity contribution is 0.310. The highest BCUT2D eigenvalue weighted by Gasteiger charge is 2.22. The molecule has 0 N–H and O–H groups in total. The van der Waals surface area contributed by atoms with Crippen molar-refractivity contribution in [2.45, 2.75) is 19.5 Å². The molecule has 3 heterocycles. The Morgan fingerprint density at radius 1 is 1.29 bits per heavy atom. The van der Waals surface area contributed by atoms with Crippen molar-refractivity contribution in [1.29, 1.82) is 0 Å². The first-order valence-electron chi connectivity index (χ1n) is 8.04. The van der Waals surface area contributed by atoms with E-state index >= 15 is 0 Å². The fourth-order valence-electron chi connectivity index (χ4n) is 3.50. The van der Waals surface area contributed by atoms with Gasteiger partial charge in [0.15, 0.2) is 0 Å². The van der Waals surface area contributed by atoms with E-state index in [4.69, 9.17) is 11.6 Å². The first kappa shape index (κ1) is 15.4. The number of allylic oxidation sites excluding steroid dienone is 1. The van der Waals surface area contributed by atoms with Crippen LogP contribution in [0.4, 0.5) is 0 Å². The zero-order valence-corrected chi connectivity index (χ0v) is 14.4. The fraction of sp³-hybridized carbons (Fsp3) is 0.263. The molecule has 4 nitrogen and oxygen atoms in total. The molecule has 0 saturated heterocycles. The summed E-state index contributed by atoms with van der Waals surface area (Å²) in [6, 6.07) is 6.16. The molecule has 0 spiro atoms. The van der Waals surface area contributed by atoms with Crippen LogP contribution in [0.3, 0.4) is 0 Å². The summed E-state index contributed by atoms with van der Waals surface area (Å²) in [5.74, 6) is 0. The van der Waals surface area contributed by atoms with Crippen molar-refractivity contribution in [3.8, 4) is 0 Å². The summed E-state index contributed by atoms with van der Waals surface area (Å²) in [4.78, 5) is 10.6. The highest BCUT2D eigenvalue weighted by molar-refractivity contribution is 6.31. The van der Waals surface area contributed by atoms with E-state index in [9.17, 15) is 0 Å². The van der Waals surface area contributed by atoms with Crippen molar-refractivity contribution >= 4 is 28.1 Å². The molecule has 0 atom stereocenters. The molecular formula is C19H19ClN4. The molecule has 1 aliphatic heterocycles. The van der Waals surface area contributed by atoms with Gasteiger partial charge in [0.25, 0.3) is 0 Å². The predicted molar refractivity (Wildman–Crippen MR) is 98.1 cm³/mol. The van der Waals surface area contributed by atoms with Crippen molar-refractivity contribution in [2.75, 3.05) is 13.6 Å². The van der Waals surface area contributed by atoms with E-state index in [0.29, 0.717) is 0 Å². The summed E-state index contributed by atoms with van der Waals surface area (Å²) in [7, 11) is 2.16. The SMILES string of the molecule is C=C(Cn1c2c(c3cc(Cl)ccc31)CN(C)CC2)c1cncnc1. The Bertz CT molecular complexity index is 914. The first-order chi connectivity index (χ1) is 11.6. The number of hydrogen-bond donors (Lipinski definition) is 0. The lowest BCUT2D eigenvalue weighted by Crippen LogP contribution is -2.27. The minimum atomic E-state index is 0.741. The number of benzene rings is 1. The van der Waals surface area contributed by atoms with Crippen molar-refractivity contribution < 1.29 is 0 Å². The summed E-state index contributed by atoms with van der Waals surface area (Å²) in [6.45, 7) is 7.02. The van der Waals surface area contributed by atoms with E-state index < -0.39 is 0 Å². The Hall–Kier alpha value is -2.17. The third kappa shape index (κ3) is 2.62. The Morgan fingerprint density at radius 2 is 2.08 bits per heavy atom. The van der Waals surface area contributed by atoms with E-state index in [1.807, 2.05) is 18.5 Å². The molecular weight excluding hydrogens is 320 g/mol. The largest absolute Gasteiger partial charge is 0.340 e. The average molecular weight is 339 g/mol. The number of nitrogens with zero attached hydrogens (tertiary/aromatic N) is 4. The van der Waals surface area contributed by atoms with Crippen LogP contribution < -0.4 is 0 Å². The fourth-order valence-corrected chi connectivity index (χ4v) is 3.67. The third-order valence-electron chi connectivity index (χ3n) is 4.72. The summed E-state index contributed by atoms with van der Waals surface area (Å²) in [5, 5.41) is 2.03. The number of likely N-dealkylation sites (N-methyl/N-ethyl adjacent to an activating group) is 1. The second-order valence-electron chi connectivity index (χ2n) is 6.39. The molecule has 0 unspecified atom stereocenters. The monoisotopic (exact) mass is 338 g/mol. The lowest BCUT2D eigenvalue weighted by Gasteiger charge is -2.24. The molecule has 1 aliphatic rings. The summed E-state index contributed by atoms with van der Waals surface area (Å²) >= 11 is 6.25. The van der Waals surface area contributed by atoms with Gasteiger partial charge in [0, 0.05) is 65.6 Å². The molecule has 0 fully saturated rings. The Kier molecular flexibility index (Phi) is 3.87. The van der Waals surface area contributed by atoms with Gasteiger partial charge in [-0.05, 0) is 36.4 Å². The molecule has 1 aromatic carbocycles. The molecule has 0 saturated carbocycles. The van der Waals surface area contributed by atoms with Crippen molar-refractivity contribution in [2.24, 2.45) is 0 Å². The van der Waals surface area contributed by atoms with E-state index in [-0.39, 0.29) is 0 Å². The van der Waals surface area contributed by atoms with Crippen molar-refractivity contribution in [1.82, 2.24) is 19.4 Å². The van der Waals surface area contributed by atoms with Crippen LogP contribution in [0.5, 0.6) is 0 Å². The van der Waals surface area contributed by atoms with Gasteiger partial charge in [0.2, 0.25) is 0 Å². The van der Waals surface area contributed by atoms with Crippen LogP contribution in [0.2, 0.25) is 5.02 Å². The lowest BCUT2D eigenvalue weighted by atomic mass is 10.0. The van der Waals surface area contributed by atoms with Gasteiger partial charge in [-0.3, -0.25) is 0 Å². The molecule has 0 radical (unpaired) electrons. The number of hydrogen-bond acceptors (Lipinski definition) is 3. The molecule has 3 aromatic rings. The van der Waals surface area contributed by atoms with Crippen LogP contribution in [0.15, 0.2) is 43.5 Å². The van der Waals surface area contributed by atoms with Crippen LogP contribution >= 0.6 is 11.6 Å². The number of aromatic nitrogens is 3. The van der Waals surface area contributed by atoms with Gasteiger partial charge < -0.3 is 9.47 Å². The maximum absolute atomic E-state index is 6.25. The van der Waals surface area contributed by atoms with E-state index in [1.165, 1.54) is 22.2 Å². The number of halogens is 1. The van der Waals surface area contributed by atoms with Gasteiger partial charge in [-0.15, -0.1) is 0 Å². The normalized spacial score (nSPS) is 14.8. The van der Waals surface area contributed by atoms with Gasteiger partial charge in [-0.1, -0.05) is 18.2 Å². The topological polar surface area (TPSA) is 34.0 Å². The molecule has 4 rings (SSSR count). The smallest absolute Gasteiger partial charge is 0.115 e. The average Bonchev–Trinajstić information content (AvgIpc) is 2.88. The van der Waals surface area contributed by atoms with Crippen LogP contribution in [-0.4, -0.2) is 33.0 Å². The van der Waals surface area contributed by atoms with Gasteiger partial charge in [-0.25, -0.2) is 9.97 Å². The van der Waals surface area contributed by atoms with Crippen molar-refractivity contribution in [3.05, 3.63) is 65.3 Å². The quantitative estimate of drug-likeness (QED) is 0.728. The highest BCUT2D eigenvalue weighted by Crippen LogP contribution is 2.33. The number of fused-ring (bicyclic) bond motifs is 3. The standard InChI is InChI=1S/C19H19ClN4/c1-13(14-8-21-12-22-9-14)10-24-18-4-3-15(20)7-16(18)17-11-23(2)6-5-19(17)24/h3-4,7-9,12H,1,5-6,10-11H2,2H3. The van der Waals surface area contributed by atoms with Crippen LogP contribution in [0, 0.1) is 0 Å². The van der Waals surface area contributed by atoms with E-state index in [2.05, 4.69) is 45.2 Å². The van der Waals surface area contributed by atoms with Gasteiger partial charge >= 0.3 is 0 Å². The predicted octanol–water partition coefficient (Wildman–Crippen LogP) is 3.79. The van der Waals surface area contributed by atoms with E-state index in [0.717, 1.165) is 42.2 Å². The van der Waals surface area contributed by atoms with Gasteiger partial charge in [0.1, 0.15) is 6.33 Å². The van der Waals surface area contributed by atoms with Gasteiger partial charge in [-0.2, -0.15) is 0 Å². The molecule has 0 bridgehead atoms. The van der Waals surface area contributed by atoms with Crippen LogP contribution in [-0.2, 0) is 19.5 Å². The molecule has 2 aromatic heterocycles. The Morgan fingerprint density at radius 3 is 2.88 bits per heavy atom. The molecule has 24 heavy (non-hydrogen) atoms. The highest BCUT2D eigenvalue weighted by atomic mass is 35.5. The zero-order valence-electron chi connectivity index (χ0n) is 13.7. The molecule has 0 aliphatic carbocycles. The van der Waals surface area contributed by atoms with Crippen LogP contribution in [0.1, 0.15) is 16.8 Å². The number of rotatable bonds is 3. The maximum atomic E-state index is 6.25. The second-order valence-corrected chi connectivity index (χ2v) is 6.83. The summed E-state index contributed by atoms with van der Waals surface area (Å²) in [6.07, 6.45) is 6.22. The molecule has 122 valence electrons. The maximum Gasteiger partial charge on any atom is 0.115 e. The third-order valence-corrected chi connectivity index (χ3v) is 4.96. The second kappa shape index (κ2) is 6.04. The molecule has 0 amide bonds.